The SMILES string of the molecule is CCCS(=O)(=O)N1CCN([C@@H]2CCCN(CC(F)(F)F)C2=O)CC1. The molecule has 0 aromatic heterocycles. The van der Waals surface area contributed by atoms with Crippen LogP contribution in [0.5, 0.6) is 0 Å². The number of nitrogens with zero attached hydrogens (tertiary/aromatic N) is 3. The fraction of sp³-hybridized carbons (Fsp3) is 0.929. The molecule has 0 N–H and O–H groups in total. The highest BCUT2D eigenvalue weighted by atomic mass is 32.2. The number of likely N-dealkylation sites (tertiary alicyclic amines) is 1. The number of hydrogen-bond donors (Lipinski definition) is 0. The Morgan fingerprint density at radius 3 is 2.29 bits per heavy atom. The number of piperidine rings is 1. The third-order valence-corrected chi connectivity index (χ3v) is 6.52. The van der Waals surface area contributed by atoms with Crippen LogP contribution in [0.15, 0.2) is 0 Å². The van der Waals surface area contributed by atoms with Crippen molar-refractivity contribution in [3.63, 3.8) is 0 Å². The van der Waals surface area contributed by atoms with Crippen LogP contribution < -0.4 is 0 Å². The largest absolute Gasteiger partial charge is 0.406 e. The van der Waals surface area contributed by atoms with E-state index in [1.54, 1.807) is 6.92 Å². The van der Waals surface area contributed by atoms with E-state index in [4.69, 9.17) is 0 Å². The predicted molar refractivity (Wildman–Crippen MR) is 82.9 cm³/mol. The molecule has 0 radical (unpaired) electrons. The Hall–Kier alpha value is -0.870. The van der Waals surface area contributed by atoms with Gasteiger partial charge in [-0.1, -0.05) is 6.92 Å². The van der Waals surface area contributed by atoms with E-state index in [-0.39, 0.29) is 25.4 Å². The Kier molecular flexibility index (Phi) is 6.14. The van der Waals surface area contributed by atoms with Gasteiger partial charge in [-0.2, -0.15) is 17.5 Å². The normalized spacial score (nSPS) is 25.2. The smallest absolute Gasteiger partial charge is 0.332 e. The lowest BCUT2D eigenvalue weighted by atomic mass is 10.0. The molecule has 1 amide bonds. The van der Waals surface area contributed by atoms with E-state index in [1.807, 2.05) is 4.90 Å². The number of rotatable bonds is 5. The summed E-state index contributed by atoms with van der Waals surface area (Å²) in [6, 6.07) is -0.572. The molecule has 1 atom stereocenters. The van der Waals surface area contributed by atoms with Crippen LogP contribution in [-0.2, 0) is 14.8 Å². The Bertz CT molecular complexity index is 545. The van der Waals surface area contributed by atoms with Crippen molar-refractivity contribution >= 4 is 15.9 Å². The number of piperazine rings is 1. The van der Waals surface area contributed by atoms with Crippen LogP contribution in [0, 0.1) is 0 Å². The Morgan fingerprint density at radius 2 is 1.75 bits per heavy atom. The molecule has 24 heavy (non-hydrogen) atoms. The molecule has 0 unspecified atom stereocenters. The summed E-state index contributed by atoms with van der Waals surface area (Å²) in [4.78, 5) is 15.0. The fourth-order valence-corrected chi connectivity index (χ4v) is 4.81. The molecule has 0 spiro atoms. The minimum Gasteiger partial charge on any atom is -0.332 e. The molecule has 0 bridgehead atoms. The molecule has 2 fully saturated rings. The molecule has 2 aliphatic rings. The zero-order valence-corrected chi connectivity index (χ0v) is 14.6. The van der Waals surface area contributed by atoms with Crippen LogP contribution in [0.4, 0.5) is 13.2 Å². The number of alkyl halides is 3. The Labute approximate surface area is 140 Å². The van der Waals surface area contributed by atoms with Crippen molar-refractivity contribution < 1.29 is 26.4 Å². The van der Waals surface area contributed by atoms with E-state index in [9.17, 15) is 26.4 Å². The molecule has 140 valence electrons. The first-order valence-electron chi connectivity index (χ1n) is 8.21. The lowest BCUT2D eigenvalue weighted by Crippen LogP contribution is -2.59. The van der Waals surface area contributed by atoms with Gasteiger partial charge >= 0.3 is 6.18 Å². The summed E-state index contributed by atoms with van der Waals surface area (Å²) in [5.74, 6) is -0.405. The maximum atomic E-state index is 12.6. The summed E-state index contributed by atoms with van der Waals surface area (Å²) in [5.41, 5.74) is 0. The van der Waals surface area contributed by atoms with E-state index in [1.165, 1.54) is 4.31 Å². The van der Waals surface area contributed by atoms with Crippen molar-refractivity contribution in [1.29, 1.82) is 0 Å². The average molecular weight is 371 g/mol. The molecule has 2 aliphatic heterocycles. The number of carbonyl (C=O) groups is 1. The molecular formula is C14H24F3N3O3S. The summed E-state index contributed by atoms with van der Waals surface area (Å²) in [5, 5.41) is 0. The maximum Gasteiger partial charge on any atom is 0.406 e. The lowest BCUT2D eigenvalue weighted by Gasteiger charge is -2.42. The van der Waals surface area contributed by atoms with Crippen LogP contribution >= 0.6 is 0 Å². The van der Waals surface area contributed by atoms with Crippen molar-refractivity contribution in [3.8, 4) is 0 Å². The standard InChI is InChI=1S/C14H24F3N3O3S/c1-2-10-24(22,23)20-8-6-18(7-9-20)12-4-3-5-19(13(12)21)11-14(15,16)17/h12H,2-11H2,1H3/t12-/m1/s1. The second kappa shape index (κ2) is 7.57. The van der Waals surface area contributed by atoms with E-state index >= 15 is 0 Å². The van der Waals surface area contributed by atoms with Gasteiger partial charge in [-0.15, -0.1) is 0 Å². The summed E-state index contributed by atoms with van der Waals surface area (Å²) >= 11 is 0. The van der Waals surface area contributed by atoms with Crippen molar-refractivity contribution in [1.82, 2.24) is 14.1 Å². The molecule has 0 aliphatic carbocycles. The van der Waals surface area contributed by atoms with Crippen molar-refractivity contribution in [2.75, 3.05) is 45.0 Å². The number of sulfonamides is 1. The van der Waals surface area contributed by atoms with Gasteiger partial charge in [0.2, 0.25) is 15.9 Å². The average Bonchev–Trinajstić information content (AvgIpc) is 2.48. The third kappa shape index (κ3) is 4.82. The molecular weight excluding hydrogens is 347 g/mol. The van der Waals surface area contributed by atoms with E-state index in [0.29, 0.717) is 32.4 Å². The van der Waals surface area contributed by atoms with E-state index < -0.39 is 34.7 Å². The van der Waals surface area contributed by atoms with E-state index in [0.717, 1.165) is 4.90 Å². The summed E-state index contributed by atoms with van der Waals surface area (Å²) in [6.45, 7) is 2.02. The zero-order valence-electron chi connectivity index (χ0n) is 13.8. The highest BCUT2D eigenvalue weighted by Gasteiger charge is 2.40. The Morgan fingerprint density at radius 1 is 1.12 bits per heavy atom. The van der Waals surface area contributed by atoms with Crippen molar-refractivity contribution in [2.45, 2.75) is 38.4 Å². The van der Waals surface area contributed by atoms with Crippen molar-refractivity contribution in [2.24, 2.45) is 0 Å². The molecule has 0 saturated carbocycles. The number of amides is 1. The number of halogens is 3. The maximum absolute atomic E-state index is 12.6. The molecule has 0 aromatic carbocycles. The topological polar surface area (TPSA) is 60.9 Å². The van der Waals surface area contributed by atoms with Gasteiger partial charge in [0.1, 0.15) is 6.54 Å². The van der Waals surface area contributed by atoms with Gasteiger partial charge in [0, 0.05) is 32.7 Å². The highest BCUT2D eigenvalue weighted by Crippen LogP contribution is 2.24. The summed E-state index contributed by atoms with van der Waals surface area (Å²) in [7, 11) is -3.27. The minimum atomic E-state index is -4.40. The molecule has 2 heterocycles. The van der Waals surface area contributed by atoms with Gasteiger partial charge in [-0.3, -0.25) is 9.69 Å². The first-order valence-corrected chi connectivity index (χ1v) is 9.82. The molecule has 10 heteroatoms. The molecule has 6 nitrogen and oxygen atoms in total. The number of hydrogen-bond acceptors (Lipinski definition) is 4. The van der Waals surface area contributed by atoms with Crippen LogP contribution in [-0.4, -0.2) is 85.7 Å². The lowest BCUT2D eigenvalue weighted by molar-refractivity contribution is -0.168. The monoisotopic (exact) mass is 371 g/mol. The van der Waals surface area contributed by atoms with Crippen LogP contribution in [0.2, 0.25) is 0 Å². The van der Waals surface area contributed by atoms with Crippen LogP contribution in [0.1, 0.15) is 26.2 Å². The van der Waals surface area contributed by atoms with Gasteiger partial charge in [-0.05, 0) is 19.3 Å². The summed E-state index contributed by atoms with van der Waals surface area (Å²) in [6.07, 6.45) is -2.81. The van der Waals surface area contributed by atoms with Crippen LogP contribution in [0.25, 0.3) is 0 Å². The molecule has 0 aromatic rings. The van der Waals surface area contributed by atoms with Gasteiger partial charge in [0.15, 0.2) is 0 Å². The van der Waals surface area contributed by atoms with Crippen LogP contribution in [0.3, 0.4) is 0 Å². The quantitative estimate of drug-likeness (QED) is 0.720. The summed E-state index contributed by atoms with van der Waals surface area (Å²) < 4.78 is 63.2. The highest BCUT2D eigenvalue weighted by molar-refractivity contribution is 7.89. The van der Waals surface area contributed by atoms with Gasteiger partial charge in [-0.25, -0.2) is 8.42 Å². The second-order valence-corrected chi connectivity index (χ2v) is 8.37. The second-order valence-electron chi connectivity index (χ2n) is 6.28. The zero-order chi connectivity index (χ0) is 18.0. The fourth-order valence-electron chi connectivity index (χ4n) is 3.31. The molecule has 2 saturated heterocycles. The van der Waals surface area contributed by atoms with Gasteiger partial charge < -0.3 is 4.90 Å². The predicted octanol–water partition coefficient (Wildman–Crippen LogP) is 0.897. The number of carbonyl (C=O) groups excluding carboxylic acids is 1. The first kappa shape index (κ1) is 19.5. The van der Waals surface area contributed by atoms with Crippen molar-refractivity contribution in [3.05, 3.63) is 0 Å². The first-order chi connectivity index (χ1) is 11.1. The Balaban J connectivity index is 1.95. The van der Waals surface area contributed by atoms with Gasteiger partial charge in [0.25, 0.3) is 0 Å². The minimum absolute atomic E-state index is 0.0920. The molecule has 2 rings (SSSR count). The van der Waals surface area contributed by atoms with Gasteiger partial charge in [0.05, 0.1) is 11.8 Å². The van der Waals surface area contributed by atoms with E-state index in [2.05, 4.69) is 0 Å². The third-order valence-electron chi connectivity index (χ3n) is 4.44.